The van der Waals surface area contributed by atoms with Crippen LogP contribution in [0.25, 0.3) is 22.2 Å². The Morgan fingerprint density at radius 3 is 2.54 bits per heavy atom. The summed E-state index contributed by atoms with van der Waals surface area (Å²) in [6.07, 6.45) is -3.15. The number of benzene rings is 1. The van der Waals surface area contributed by atoms with Gasteiger partial charge in [0, 0.05) is 41.2 Å². The van der Waals surface area contributed by atoms with Crippen LogP contribution in [-0.2, 0) is 19.2 Å². The van der Waals surface area contributed by atoms with E-state index < -0.39 is 33.8 Å². The third-order valence-corrected chi connectivity index (χ3v) is 8.21. The number of rotatable bonds is 6. The van der Waals surface area contributed by atoms with Gasteiger partial charge in [-0.3, -0.25) is 0 Å². The quantitative estimate of drug-likeness (QED) is 0.294. The number of aliphatic hydroxyl groups is 1. The molecule has 11 heteroatoms. The van der Waals surface area contributed by atoms with Gasteiger partial charge in [0.2, 0.25) is 0 Å². The number of alkyl halides is 3. The van der Waals surface area contributed by atoms with Crippen molar-refractivity contribution < 1.29 is 22.7 Å². The number of hydrogen-bond donors (Lipinski definition) is 3. The van der Waals surface area contributed by atoms with Gasteiger partial charge in [0.1, 0.15) is 5.69 Å². The predicted molar refractivity (Wildman–Crippen MR) is 130 cm³/mol. The molecule has 0 radical (unpaired) electrons. The molecule has 0 amide bonds. The van der Waals surface area contributed by atoms with Gasteiger partial charge < -0.3 is 20.7 Å². The summed E-state index contributed by atoms with van der Waals surface area (Å²) in [7, 11) is 0. The van der Waals surface area contributed by atoms with Crippen molar-refractivity contribution in [2.75, 3.05) is 18.8 Å². The first-order valence-corrected chi connectivity index (χ1v) is 12.6. The number of nitrogens with one attached hydrogen (secondary N) is 1. The number of nitrogen functional groups attached to an aromatic ring is 1. The van der Waals surface area contributed by atoms with Crippen molar-refractivity contribution in [3.05, 3.63) is 45.5 Å². The largest absolute Gasteiger partial charge is 0.418 e. The van der Waals surface area contributed by atoms with E-state index >= 15 is 4.39 Å². The van der Waals surface area contributed by atoms with Crippen molar-refractivity contribution in [1.82, 2.24) is 14.9 Å². The number of piperidine rings is 1. The van der Waals surface area contributed by atoms with Crippen molar-refractivity contribution in [2.45, 2.75) is 50.4 Å². The summed E-state index contributed by atoms with van der Waals surface area (Å²) in [5, 5.41) is 23.0. The van der Waals surface area contributed by atoms with Crippen LogP contribution in [0.4, 0.5) is 23.2 Å². The Morgan fingerprint density at radius 1 is 1.24 bits per heavy atom. The predicted octanol–water partition coefficient (Wildman–Crippen LogP) is 5.31. The Morgan fingerprint density at radius 2 is 1.95 bits per heavy atom. The van der Waals surface area contributed by atoms with E-state index in [1.807, 2.05) is 0 Å². The second-order valence-corrected chi connectivity index (χ2v) is 10.6. The number of nitrogens with two attached hydrogens (primary N) is 1. The molecule has 1 aliphatic heterocycles. The Bertz CT molecular complexity index is 1460. The number of nitriles is 1. The van der Waals surface area contributed by atoms with Crippen LogP contribution < -0.4 is 11.1 Å². The first-order valence-electron chi connectivity index (χ1n) is 12.3. The fourth-order valence-corrected chi connectivity index (χ4v) is 6.59. The minimum absolute atomic E-state index is 0.0541. The second-order valence-electron chi connectivity index (χ2n) is 10.2. The van der Waals surface area contributed by atoms with Crippen molar-refractivity contribution in [2.24, 2.45) is 11.8 Å². The average Bonchev–Trinajstić information content (AvgIpc) is 3.71. The molecule has 3 aliphatic rings. The lowest BCUT2D eigenvalue weighted by Crippen LogP contribution is -2.15. The summed E-state index contributed by atoms with van der Waals surface area (Å²) in [5.74, 6) is -0.106. The van der Waals surface area contributed by atoms with Crippen molar-refractivity contribution in [1.29, 1.82) is 5.26 Å². The highest BCUT2D eigenvalue weighted by molar-refractivity contribution is 6.32. The number of anilines is 1. The SMILES string of the molecule is N#CCCc1nc(-c2cc(N)cc(Cl)c2C(F)(F)F)c(F)c2c1c(C1C3CNC[C@@H]31)c(CO)n2C1CC1. The van der Waals surface area contributed by atoms with Crippen LogP contribution in [0.5, 0.6) is 0 Å². The molecule has 6 nitrogen and oxygen atoms in total. The highest BCUT2D eigenvalue weighted by atomic mass is 35.5. The molecule has 6 rings (SSSR count). The summed E-state index contributed by atoms with van der Waals surface area (Å²) in [6.45, 7) is 1.30. The number of aliphatic hydroxyl groups excluding tert-OH is 1. The van der Waals surface area contributed by atoms with Gasteiger partial charge in [-0.2, -0.15) is 18.4 Å². The average molecular weight is 534 g/mol. The Labute approximate surface area is 215 Å². The third-order valence-electron chi connectivity index (χ3n) is 7.91. The van der Waals surface area contributed by atoms with Crippen LogP contribution in [0.1, 0.15) is 53.7 Å². The molecular weight excluding hydrogens is 510 g/mol. The molecule has 1 saturated heterocycles. The summed E-state index contributed by atoms with van der Waals surface area (Å²) >= 11 is 5.97. The molecule has 2 aromatic heterocycles. The molecule has 194 valence electrons. The molecule has 3 atom stereocenters. The number of fused-ring (bicyclic) bond motifs is 2. The van der Waals surface area contributed by atoms with E-state index in [1.54, 1.807) is 4.57 Å². The normalized spacial score (nSPS) is 22.9. The lowest BCUT2D eigenvalue weighted by Gasteiger charge is -2.18. The van der Waals surface area contributed by atoms with Crippen LogP contribution in [-0.4, -0.2) is 27.7 Å². The van der Waals surface area contributed by atoms with Crippen molar-refractivity contribution >= 4 is 28.2 Å². The molecule has 2 unspecified atom stereocenters. The monoisotopic (exact) mass is 533 g/mol. The molecule has 3 aromatic rings. The zero-order chi connectivity index (χ0) is 26.2. The molecule has 1 aromatic carbocycles. The molecule has 37 heavy (non-hydrogen) atoms. The molecule has 0 spiro atoms. The highest BCUT2D eigenvalue weighted by Crippen LogP contribution is 2.60. The van der Waals surface area contributed by atoms with Gasteiger partial charge >= 0.3 is 6.18 Å². The maximum absolute atomic E-state index is 16.5. The van der Waals surface area contributed by atoms with E-state index in [0.717, 1.165) is 43.6 Å². The zero-order valence-electron chi connectivity index (χ0n) is 19.7. The lowest BCUT2D eigenvalue weighted by molar-refractivity contribution is -0.137. The van der Waals surface area contributed by atoms with Gasteiger partial charge in [0.05, 0.1) is 34.5 Å². The van der Waals surface area contributed by atoms with Crippen molar-refractivity contribution in [3.8, 4) is 17.3 Å². The van der Waals surface area contributed by atoms with E-state index in [0.29, 0.717) is 28.6 Å². The van der Waals surface area contributed by atoms with Gasteiger partial charge in [-0.05, 0) is 61.4 Å². The Balaban J connectivity index is 1.70. The number of aromatic nitrogens is 2. The van der Waals surface area contributed by atoms with E-state index in [9.17, 15) is 23.5 Å². The number of pyridine rings is 1. The Hall–Kier alpha value is -2.87. The standard InChI is InChI=1S/C26H24ClF4N5O/c27-16-7-11(33)6-13(22(16)26(29,30)31)24-23(28)25-20(17(35-24)2-1-5-32)21(19-14-8-34-9-15(14)19)18(10-37)36(25)12-3-4-12/h6-7,12,14-15,19,34,37H,1-4,8-10,33H2/t14-,15?,19?/m0/s1. The van der Waals surface area contributed by atoms with Crippen LogP contribution in [0, 0.1) is 29.0 Å². The van der Waals surface area contributed by atoms with Gasteiger partial charge in [-0.1, -0.05) is 11.6 Å². The van der Waals surface area contributed by atoms with Gasteiger partial charge in [0.25, 0.3) is 0 Å². The molecular formula is C26H24ClF4N5O. The Kier molecular flexibility index (Phi) is 5.67. The van der Waals surface area contributed by atoms with Crippen molar-refractivity contribution in [3.63, 3.8) is 0 Å². The second kappa shape index (κ2) is 8.58. The highest BCUT2D eigenvalue weighted by Gasteiger charge is 2.56. The first kappa shape index (κ1) is 24.5. The van der Waals surface area contributed by atoms with E-state index in [2.05, 4.69) is 16.4 Å². The molecule has 3 fully saturated rings. The number of nitrogens with zero attached hydrogens (tertiary/aromatic N) is 3. The molecule has 3 heterocycles. The molecule has 2 aliphatic carbocycles. The number of hydrogen-bond acceptors (Lipinski definition) is 5. The summed E-state index contributed by atoms with van der Waals surface area (Å²) < 4.78 is 60.6. The molecule has 0 bridgehead atoms. The third kappa shape index (κ3) is 3.78. The maximum Gasteiger partial charge on any atom is 0.418 e. The van der Waals surface area contributed by atoms with Crippen LogP contribution in [0.15, 0.2) is 12.1 Å². The number of halogens is 5. The van der Waals surface area contributed by atoms with Crippen LogP contribution >= 0.6 is 11.6 Å². The summed E-state index contributed by atoms with van der Waals surface area (Å²) in [4.78, 5) is 4.45. The van der Waals surface area contributed by atoms with Gasteiger partial charge in [0.15, 0.2) is 5.82 Å². The fourth-order valence-electron chi connectivity index (χ4n) is 6.26. The van der Waals surface area contributed by atoms with E-state index in [-0.39, 0.29) is 42.6 Å². The van der Waals surface area contributed by atoms with E-state index in [1.165, 1.54) is 0 Å². The fraction of sp³-hybridized carbons (Fsp3) is 0.462. The summed E-state index contributed by atoms with van der Waals surface area (Å²) in [6, 6.07) is 4.02. The topological polar surface area (TPSA) is 99.9 Å². The molecule has 4 N–H and O–H groups in total. The van der Waals surface area contributed by atoms with Crippen LogP contribution in [0.2, 0.25) is 5.02 Å². The van der Waals surface area contributed by atoms with E-state index in [4.69, 9.17) is 17.3 Å². The zero-order valence-corrected chi connectivity index (χ0v) is 20.4. The summed E-state index contributed by atoms with van der Waals surface area (Å²) in [5.41, 5.74) is 5.43. The first-order chi connectivity index (χ1) is 17.7. The lowest BCUT2D eigenvalue weighted by atomic mass is 9.97. The minimum Gasteiger partial charge on any atom is -0.399 e. The smallest absolute Gasteiger partial charge is 0.399 e. The van der Waals surface area contributed by atoms with Gasteiger partial charge in [-0.25, -0.2) is 9.37 Å². The number of aryl methyl sites for hydroxylation is 1. The minimum atomic E-state index is -4.88. The van der Waals surface area contributed by atoms with Gasteiger partial charge in [-0.15, -0.1) is 0 Å². The van der Waals surface area contributed by atoms with Crippen LogP contribution in [0.3, 0.4) is 0 Å². The maximum atomic E-state index is 16.5. The molecule has 2 saturated carbocycles.